The summed E-state index contributed by atoms with van der Waals surface area (Å²) in [6.45, 7) is 2.04. The Balaban J connectivity index is 1.73. The second-order valence-electron chi connectivity index (χ2n) is 5.48. The molecule has 3 heteroatoms. The van der Waals surface area contributed by atoms with Gasteiger partial charge in [0.1, 0.15) is 6.10 Å². The van der Waals surface area contributed by atoms with Crippen molar-refractivity contribution in [3.05, 3.63) is 95.2 Å². The summed E-state index contributed by atoms with van der Waals surface area (Å²) in [6.07, 6.45) is 1.15. The van der Waals surface area contributed by atoms with Gasteiger partial charge in [-0.25, -0.2) is 4.98 Å². The number of aromatic nitrogens is 1. The van der Waals surface area contributed by atoms with Crippen molar-refractivity contribution in [3.63, 3.8) is 0 Å². The Bertz CT molecular complexity index is 759. The first-order valence-electron chi connectivity index (χ1n) is 7.60. The Morgan fingerprint density at radius 2 is 1.61 bits per heavy atom. The summed E-state index contributed by atoms with van der Waals surface area (Å²) >= 11 is 1.72. The molecule has 0 aliphatic heterocycles. The Hall–Kier alpha value is -2.10. The van der Waals surface area contributed by atoms with Gasteiger partial charge in [-0.2, -0.15) is 0 Å². The zero-order valence-corrected chi connectivity index (χ0v) is 13.8. The number of hydrogen-bond acceptors (Lipinski definition) is 3. The summed E-state index contributed by atoms with van der Waals surface area (Å²) in [7, 11) is 0. The molecule has 3 aromatic rings. The smallest absolute Gasteiger partial charge is 0.106 e. The summed E-state index contributed by atoms with van der Waals surface area (Å²) in [4.78, 5) is 4.54. The zero-order chi connectivity index (χ0) is 16.1. The largest absolute Gasteiger partial charge is 0.384 e. The van der Waals surface area contributed by atoms with E-state index in [0.717, 1.165) is 27.5 Å². The first-order valence-corrected chi connectivity index (χ1v) is 8.59. The second-order valence-corrected chi connectivity index (χ2v) is 6.44. The Kier molecular flexibility index (Phi) is 5.11. The molecular weight excluding hydrogens is 302 g/mol. The van der Waals surface area contributed by atoms with Crippen molar-refractivity contribution in [3.8, 4) is 0 Å². The van der Waals surface area contributed by atoms with Crippen molar-refractivity contribution in [2.75, 3.05) is 0 Å². The van der Waals surface area contributed by atoms with E-state index in [0.29, 0.717) is 0 Å². The maximum atomic E-state index is 10.5. The molecule has 2 nitrogen and oxygen atoms in total. The predicted molar refractivity (Wildman–Crippen MR) is 95.5 cm³/mol. The van der Waals surface area contributed by atoms with Gasteiger partial charge in [0.25, 0.3) is 0 Å². The first-order chi connectivity index (χ1) is 11.2. The maximum absolute atomic E-state index is 10.5. The van der Waals surface area contributed by atoms with Crippen LogP contribution >= 0.6 is 11.8 Å². The van der Waals surface area contributed by atoms with E-state index in [4.69, 9.17) is 0 Å². The number of aryl methyl sites for hydroxylation is 1. The van der Waals surface area contributed by atoms with E-state index in [1.165, 1.54) is 5.56 Å². The lowest BCUT2D eigenvalue weighted by Gasteiger charge is -2.13. The summed E-state index contributed by atoms with van der Waals surface area (Å²) in [5.74, 6) is 0.898. The van der Waals surface area contributed by atoms with Crippen molar-refractivity contribution in [1.82, 2.24) is 4.98 Å². The van der Waals surface area contributed by atoms with Crippen LogP contribution in [-0.4, -0.2) is 10.1 Å². The lowest BCUT2D eigenvalue weighted by Crippen LogP contribution is -2.01. The van der Waals surface area contributed by atoms with E-state index in [1.807, 2.05) is 49.4 Å². The fourth-order valence-corrected chi connectivity index (χ4v) is 3.35. The summed E-state index contributed by atoms with van der Waals surface area (Å²) < 4.78 is 0. The monoisotopic (exact) mass is 321 g/mol. The molecule has 23 heavy (non-hydrogen) atoms. The lowest BCUT2D eigenvalue weighted by molar-refractivity contribution is 0.219. The van der Waals surface area contributed by atoms with Crippen LogP contribution in [0.15, 0.2) is 78.0 Å². The Morgan fingerprint density at radius 3 is 2.26 bits per heavy atom. The topological polar surface area (TPSA) is 33.1 Å². The molecule has 2 aromatic carbocycles. The number of rotatable bonds is 5. The fraction of sp³-hybridized carbons (Fsp3) is 0.150. The molecule has 0 aliphatic carbocycles. The van der Waals surface area contributed by atoms with Gasteiger partial charge in [0.05, 0.1) is 5.03 Å². The summed E-state index contributed by atoms with van der Waals surface area (Å²) in [5, 5.41) is 11.5. The van der Waals surface area contributed by atoms with Crippen molar-refractivity contribution < 1.29 is 5.11 Å². The molecule has 116 valence electrons. The quantitative estimate of drug-likeness (QED) is 0.688. The summed E-state index contributed by atoms with van der Waals surface area (Å²) in [6, 6.07) is 22.1. The molecule has 1 aromatic heterocycles. The highest BCUT2D eigenvalue weighted by Crippen LogP contribution is 2.28. The highest BCUT2D eigenvalue weighted by atomic mass is 32.2. The van der Waals surface area contributed by atoms with Gasteiger partial charge in [-0.15, -0.1) is 11.8 Å². The number of hydrogen-bond donors (Lipinski definition) is 1. The van der Waals surface area contributed by atoms with E-state index in [2.05, 4.69) is 29.2 Å². The molecule has 0 radical (unpaired) electrons. The third kappa shape index (κ3) is 4.01. The van der Waals surface area contributed by atoms with Gasteiger partial charge in [0, 0.05) is 17.5 Å². The van der Waals surface area contributed by atoms with Crippen LogP contribution in [0.2, 0.25) is 0 Å². The number of thioether (sulfide) groups is 1. The molecule has 1 N–H and O–H groups in total. The lowest BCUT2D eigenvalue weighted by atomic mass is 10.0. The zero-order valence-electron chi connectivity index (χ0n) is 13.0. The predicted octanol–water partition coefficient (Wildman–Crippen LogP) is 4.76. The molecule has 0 saturated carbocycles. The molecule has 0 spiro atoms. The maximum Gasteiger partial charge on any atom is 0.106 e. The van der Waals surface area contributed by atoms with E-state index in [1.54, 1.807) is 18.0 Å². The van der Waals surface area contributed by atoms with Crippen LogP contribution in [0.4, 0.5) is 0 Å². The molecule has 1 heterocycles. The van der Waals surface area contributed by atoms with Crippen LogP contribution in [0, 0.1) is 6.92 Å². The highest BCUT2D eigenvalue weighted by molar-refractivity contribution is 7.98. The van der Waals surface area contributed by atoms with E-state index < -0.39 is 6.10 Å². The number of benzene rings is 2. The SMILES string of the molecule is Cc1cc([C@@H](O)c2ccccc2)cnc1SCc1ccccc1. The number of nitrogens with zero attached hydrogens (tertiary/aromatic N) is 1. The minimum Gasteiger partial charge on any atom is -0.384 e. The van der Waals surface area contributed by atoms with Gasteiger partial charge in [-0.1, -0.05) is 60.7 Å². The van der Waals surface area contributed by atoms with E-state index >= 15 is 0 Å². The molecule has 0 saturated heterocycles. The molecular formula is C20H19NOS. The van der Waals surface area contributed by atoms with Crippen LogP contribution in [0.25, 0.3) is 0 Å². The molecule has 0 amide bonds. The van der Waals surface area contributed by atoms with Crippen molar-refractivity contribution >= 4 is 11.8 Å². The van der Waals surface area contributed by atoms with Gasteiger partial charge in [-0.05, 0) is 29.7 Å². The van der Waals surface area contributed by atoms with Gasteiger partial charge < -0.3 is 5.11 Å². The first kappa shape index (κ1) is 15.8. The number of pyridine rings is 1. The van der Waals surface area contributed by atoms with Gasteiger partial charge in [0.2, 0.25) is 0 Å². The van der Waals surface area contributed by atoms with Crippen LogP contribution in [-0.2, 0) is 5.75 Å². The summed E-state index contributed by atoms with van der Waals surface area (Å²) in [5.41, 5.74) is 4.10. The average molecular weight is 321 g/mol. The van der Waals surface area contributed by atoms with Gasteiger partial charge in [-0.3, -0.25) is 0 Å². The minimum absolute atomic E-state index is 0.629. The van der Waals surface area contributed by atoms with Gasteiger partial charge in [0.15, 0.2) is 0 Å². The van der Waals surface area contributed by atoms with Crippen molar-refractivity contribution in [2.45, 2.75) is 23.8 Å². The van der Waals surface area contributed by atoms with E-state index in [-0.39, 0.29) is 0 Å². The minimum atomic E-state index is -0.629. The fourth-order valence-electron chi connectivity index (χ4n) is 2.44. The van der Waals surface area contributed by atoms with Gasteiger partial charge >= 0.3 is 0 Å². The molecule has 3 rings (SSSR count). The number of aliphatic hydroxyl groups excluding tert-OH is 1. The number of aliphatic hydroxyl groups is 1. The molecule has 0 fully saturated rings. The standard InChI is InChI=1S/C20H19NOS/c1-15-12-18(19(22)17-10-6-3-7-11-17)13-21-20(15)23-14-16-8-4-2-5-9-16/h2-13,19,22H,14H2,1H3/t19-/m0/s1. The Labute approximate surface area is 141 Å². The van der Waals surface area contributed by atoms with Crippen LogP contribution in [0.1, 0.15) is 28.4 Å². The third-order valence-electron chi connectivity index (χ3n) is 3.70. The van der Waals surface area contributed by atoms with Crippen LogP contribution in [0.5, 0.6) is 0 Å². The highest BCUT2D eigenvalue weighted by Gasteiger charge is 2.12. The van der Waals surface area contributed by atoms with Crippen molar-refractivity contribution in [2.24, 2.45) is 0 Å². The average Bonchev–Trinajstić information content (AvgIpc) is 2.61. The van der Waals surface area contributed by atoms with E-state index in [9.17, 15) is 5.11 Å². The normalized spacial score (nSPS) is 12.1. The third-order valence-corrected chi connectivity index (χ3v) is 4.88. The van der Waals surface area contributed by atoms with Crippen LogP contribution < -0.4 is 0 Å². The molecule has 1 atom stereocenters. The van der Waals surface area contributed by atoms with Crippen LogP contribution in [0.3, 0.4) is 0 Å². The van der Waals surface area contributed by atoms with Crippen molar-refractivity contribution in [1.29, 1.82) is 0 Å². The Morgan fingerprint density at radius 1 is 0.957 bits per heavy atom. The molecule has 0 bridgehead atoms. The molecule has 0 unspecified atom stereocenters. The second kappa shape index (κ2) is 7.44. The molecule has 0 aliphatic rings.